The summed E-state index contributed by atoms with van der Waals surface area (Å²) in [5.41, 5.74) is 5.32. The molecule has 0 saturated carbocycles. The van der Waals surface area contributed by atoms with E-state index in [1.54, 1.807) is 21.9 Å². The molecule has 0 aromatic heterocycles. The lowest BCUT2D eigenvalue weighted by Gasteiger charge is -2.41. The fourth-order valence-electron chi connectivity index (χ4n) is 3.87. The molecule has 1 aliphatic heterocycles. The molecule has 0 bridgehead atoms. The van der Waals surface area contributed by atoms with Gasteiger partial charge in [0.05, 0.1) is 30.3 Å². The molecule has 1 fully saturated rings. The van der Waals surface area contributed by atoms with Gasteiger partial charge in [0.15, 0.2) is 11.5 Å². The fraction of sp³-hybridized carbons (Fsp3) is 0.667. The van der Waals surface area contributed by atoms with Gasteiger partial charge in [-0.1, -0.05) is 11.6 Å². The van der Waals surface area contributed by atoms with Crippen LogP contribution in [0.3, 0.4) is 0 Å². The molecule has 0 spiro atoms. The monoisotopic (exact) mass is 483 g/mol. The lowest BCUT2D eigenvalue weighted by atomic mass is 10.0. The molecule has 33 heavy (non-hydrogen) atoms. The average molecular weight is 484 g/mol. The van der Waals surface area contributed by atoms with Gasteiger partial charge in [0.25, 0.3) is 5.91 Å². The maximum absolute atomic E-state index is 13.7. The number of likely N-dealkylation sites (tertiary alicyclic amines) is 1. The topological polar surface area (TPSA) is 94.3 Å². The molecule has 1 aromatic carbocycles. The normalized spacial score (nSPS) is 16.5. The van der Waals surface area contributed by atoms with Crippen molar-refractivity contribution in [3.63, 3.8) is 0 Å². The number of methoxy groups -OCH3 is 1. The molecule has 1 heterocycles. The third-order valence-electron chi connectivity index (χ3n) is 5.32. The number of nitrogens with two attached hydrogens (primary N) is 1. The number of rotatable bonds is 8. The third kappa shape index (κ3) is 7.40. The van der Waals surface area contributed by atoms with Gasteiger partial charge in [-0.15, -0.1) is 0 Å². The molecule has 186 valence electrons. The number of benzene rings is 1. The van der Waals surface area contributed by atoms with Gasteiger partial charge in [-0.25, -0.2) is 4.79 Å². The number of carbonyl (C=O) groups is 2. The second-order valence-electron chi connectivity index (χ2n) is 9.50. The molecule has 2 N–H and O–H groups in total. The number of carbonyl (C=O) groups excluding carboxylic acids is 2. The molecule has 8 nitrogen and oxygen atoms in total. The van der Waals surface area contributed by atoms with Crippen molar-refractivity contribution in [3.8, 4) is 11.5 Å². The van der Waals surface area contributed by atoms with Crippen molar-refractivity contribution in [1.82, 2.24) is 9.80 Å². The van der Waals surface area contributed by atoms with E-state index >= 15 is 0 Å². The van der Waals surface area contributed by atoms with Crippen LogP contribution in [0.15, 0.2) is 12.1 Å². The Morgan fingerprint density at radius 3 is 2.55 bits per heavy atom. The highest BCUT2D eigenvalue weighted by atomic mass is 35.5. The van der Waals surface area contributed by atoms with Crippen LogP contribution in [0, 0.1) is 0 Å². The summed E-state index contributed by atoms with van der Waals surface area (Å²) >= 11 is 6.49. The summed E-state index contributed by atoms with van der Waals surface area (Å²) in [7, 11) is 1.52. The Balaban J connectivity index is 2.29. The summed E-state index contributed by atoms with van der Waals surface area (Å²) in [6, 6.07) is 2.97. The third-order valence-corrected chi connectivity index (χ3v) is 5.63. The molecule has 1 saturated heterocycles. The average Bonchev–Trinajstić information content (AvgIpc) is 2.73. The molecule has 1 atom stereocenters. The van der Waals surface area contributed by atoms with Crippen molar-refractivity contribution < 1.29 is 23.8 Å². The molecule has 2 amide bonds. The first-order valence-electron chi connectivity index (χ1n) is 11.5. The second-order valence-corrected chi connectivity index (χ2v) is 9.91. The van der Waals surface area contributed by atoms with Crippen LogP contribution in [-0.2, 0) is 4.74 Å². The van der Waals surface area contributed by atoms with Crippen LogP contribution in [-0.4, -0.2) is 72.8 Å². The predicted molar refractivity (Wildman–Crippen MR) is 129 cm³/mol. The molecule has 1 aliphatic rings. The molecule has 0 aliphatic carbocycles. The zero-order valence-electron chi connectivity index (χ0n) is 20.7. The first-order valence-corrected chi connectivity index (χ1v) is 11.9. The summed E-state index contributed by atoms with van der Waals surface area (Å²) in [4.78, 5) is 29.8. The zero-order chi connectivity index (χ0) is 24.8. The predicted octanol–water partition coefficient (Wildman–Crippen LogP) is 4.33. The summed E-state index contributed by atoms with van der Waals surface area (Å²) in [5.74, 6) is 0.692. The Morgan fingerprint density at radius 1 is 1.27 bits per heavy atom. The number of nitrogens with zero attached hydrogens (tertiary/aromatic N) is 2. The first kappa shape index (κ1) is 27.1. The van der Waals surface area contributed by atoms with Crippen molar-refractivity contribution in [1.29, 1.82) is 0 Å². The number of hydrogen-bond acceptors (Lipinski definition) is 6. The van der Waals surface area contributed by atoms with Crippen molar-refractivity contribution in [2.75, 3.05) is 33.4 Å². The van der Waals surface area contributed by atoms with Crippen molar-refractivity contribution in [3.05, 3.63) is 22.7 Å². The largest absolute Gasteiger partial charge is 0.493 e. The molecule has 1 aromatic rings. The Morgan fingerprint density at radius 2 is 1.97 bits per heavy atom. The van der Waals surface area contributed by atoms with Crippen LogP contribution < -0.4 is 15.2 Å². The lowest BCUT2D eigenvalue weighted by Crippen LogP contribution is -2.54. The Kier molecular flexibility index (Phi) is 9.67. The minimum atomic E-state index is -0.575. The minimum Gasteiger partial charge on any atom is -0.493 e. The highest BCUT2D eigenvalue weighted by Crippen LogP contribution is 2.35. The van der Waals surface area contributed by atoms with Crippen LogP contribution in [0.1, 0.15) is 64.2 Å². The quantitative estimate of drug-likeness (QED) is 0.553. The molecule has 9 heteroatoms. The summed E-state index contributed by atoms with van der Waals surface area (Å²) in [5, 5.41) is 0.286. The van der Waals surface area contributed by atoms with E-state index in [1.807, 2.05) is 34.6 Å². The summed E-state index contributed by atoms with van der Waals surface area (Å²) in [6.07, 6.45) is 1.89. The number of piperidine rings is 1. The standard InChI is InChI=1S/C24H38ClN3O5/c1-16(2)28(17-9-7-11-27(15-17)23(30)33-24(3,4)5)22(29)18-13-21(32-12-8-10-26)20(31-6)14-19(18)25/h13-14,16-17H,7-12,15,26H2,1-6H3/t17-/m1/s1. The molecule has 2 rings (SSSR count). The van der Waals surface area contributed by atoms with Gasteiger partial charge in [0.1, 0.15) is 5.60 Å². The minimum absolute atomic E-state index is 0.0964. The van der Waals surface area contributed by atoms with E-state index in [9.17, 15) is 9.59 Å². The van der Waals surface area contributed by atoms with Gasteiger partial charge >= 0.3 is 6.09 Å². The van der Waals surface area contributed by atoms with E-state index in [4.69, 9.17) is 31.5 Å². The van der Waals surface area contributed by atoms with Gasteiger partial charge in [-0.2, -0.15) is 0 Å². The first-order chi connectivity index (χ1) is 15.5. The van der Waals surface area contributed by atoms with Gasteiger partial charge in [0, 0.05) is 25.2 Å². The van der Waals surface area contributed by atoms with E-state index in [1.165, 1.54) is 7.11 Å². The smallest absolute Gasteiger partial charge is 0.410 e. The Labute approximate surface area is 202 Å². The summed E-state index contributed by atoms with van der Waals surface area (Å²) in [6.45, 7) is 11.4. The number of hydrogen-bond donors (Lipinski definition) is 1. The second kappa shape index (κ2) is 11.8. The lowest BCUT2D eigenvalue weighted by molar-refractivity contribution is 0.00752. The zero-order valence-corrected chi connectivity index (χ0v) is 21.4. The van der Waals surface area contributed by atoms with Gasteiger partial charge < -0.3 is 29.7 Å². The number of amides is 2. The van der Waals surface area contributed by atoms with E-state index in [2.05, 4.69) is 0 Å². The van der Waals surface area contributed by atoms with Crippen molar-refractivity contribution in [2.45, 2.75) is 71.6 Å². The fourth-order valence-corrected chi connectivity index (χ4v) is 4.11. The molecular weight excluding hydrogens is 446 g/mol. The number of halogens is 1. The van der Waals surface area contributed by atoms with Gasteiger partial charge in [0.2, 0.25) is 0 Å². The van der Waals surface area contributed by atoms with Crippen LogP contribution in [0.5, 0.6) is 11.5 Å². The van der Waals surface area contributed by atoms with Crippen molar-refractivity contribution >= 4 is 23.6 Å². The Hall–Kier alpha value is -2.19. The van der Waals surface area contributed by atoms with Crippen LogP contribution in [0.4, 0.5) is 4.79 Å². The van der Waals surface area contributed by atoms with Crippen LogP contribution in [0.25, 0.3) is 0 Å². The van der Waals surface area contributed by atoms with E-state index in [0.717, 1.165) is 12.8 Å². The highest BCUT2D eigenvalue weighted by molar-refractivity contribution is 6.34. The van der Waals surface area contributed by atoms with Crippen LogP contribution >= 0.6 is 11.6 Å². The van der Waals surface area contributed by atoms with Gasteiger partial charge in [-0.05, 0) is 66.5 Å². The Bertz CT molecular complexity index is 825. The van der Waals surface area contributed by atoms with E-state index < -0.39 is 5.60 Å². The number of ether oxygens (including phenoxy) is 3. The molecule has 0 unspecified atom stereocenters. The van der Waals surface area contributed by atoms with E-state index in [0.29, 0.717) is 49.7 Å². The molecule has 0 radical (unpaired) electrons. The summed E-state index contributed by atoms with van der Waals surface area (Å²) < 4.78 is 16.7. The SMILES string of the molecule is COc1cc(Cl)c(C(=O)N(C(C)C)[C@@H]2CCCN(C(=O)OC(C)(C)C)C2)cc1OCCCN. The molecular formula is C24H38ClN3O5. The van der Waals surface area contributed by atoms with Crippen molar-refractivity contribution in [2.24, 2.45) is 5.73 Å². The maximum Gasteiger partial charge on any atom is 0.410 e. The van der Waals surface area contributed by atoms with E-state index in [-0.39, 0.29) is 29.1 Å². The highest BCUT2D eigenvalue weighted by Gasteiger charge is 2.35. The maximum atomic E-state index is 13.7. The van der Waals surface area contributed by atoms with Gasteiger partial charge in [-0.3, -0.25) is 4.79 Å². The van der Waals surface area contributed by atoms with Crippen LogP contribution in [0.2, 0.25) is 5.02 Å².